The third-order valence-corrected chi connectivity index (χ3v) is 3.69. The fraction of sp³-hybridized carbons (Fsp3) is 0.556. The van der Waals surface area contributed by atoms with Crippen LogP contribution in [0.5, 0.6) is 0 Å². The Morgan fingerprint density at radius 1 is 1.04 bits per heavy atom. The van der Waals surface area contributed by atoms with Crippen LogP contribution in [0.15, 0.2) is 29.3 Å². The summed E-state index contributed by atoms with van der Waals surface area (Å²) in [6.07, 6.45) is 0. The van der Waals surface area contributed by atoms with Gasteiger partial charge >= 0.3 is 0 Å². The molecule has 0 aliphatic rings. The highest BCUT2D eigenvalue weighted by Gasteiger charge is 2.07. The topological polar surface area (TPSA) is 65.5 Å². The molecule has 0 fully saturated rings. The molecule has 6 heteroatoms. The number of aryl methyl sites for hydroxylation is 1. The van der Waals surface area contributed by atoms with E-state index in [2.05, 4.69) is 59.1 Å². The average molecular weight is 446 g/mol. The number of carbonyl (C=O) groups excluding carboxylic acids is 1. The summed E-state index contributed by atoms with van der Waals surface area (Å²) in [5.41, 5.74) is 2.58. The van der Waals surface area contributed by atoms with E-state index < -0.39 is 0 Å². The Hall–Kier alpha value is -1.31. The summed E-state index contributed by atoms with van der Waals surface area (Å²) in [6.45, 7) is 10.1. The van der Waals surface area contributed by atoms with Crippen molar-refractivity contribution in [2.45, 2.75) is 33.6 Å². The number of nitrogens with one attached hydrogen (secondary N) is 3. The standard InChI is InChI=1S/C18H30N4O.HI/c1-13(2)17(23)20-10-11-21-18(19-5)22-12-15(4)16-8-6-14(3)7-9-16;/h6-9,13,15H,10-12H2,1-5H3,(H,20,23)(H2,19,21,22);1H. The second-order valence-electron chi connectivity index (χ2n) is 6.14. The van der Waals surface area contributed by atoms with Gasteiger partial charge in [-0.2, -0.15) is 0 Å². The zero-order chi connectivity index (χ0) is 17.2. The van der Waals surface area contributed by atoms with Crippen molar-refractivity contribution in [2.75, 3.05) is 26.7 Å². The van der Waals surface area contributed by atoms with Crippen molar-refractivity contribution in [1.29, 1.82) is 0 Å². The quantitative estimate of drug-likeness (QED) is 0.261. The maximum absolute atomic E-state index is 11.5. The zero-order valence-electron chi connectivity index (χ0n) is 15.3. The number of benzene rings is 1. The molecule has 0 radical (unpaired) electrons. The number of nitrogens with zero attached hydrogens (tertiary/aromatic N) is 1. The summed E-state index contributed by atoms with van der Waals surface area (Å²) in [7, 11) is 1.75. The molecule has 1 unspecified atom stereocenters. The molecule has 0 heterocycles. The van der Waals surface area contributed by atoms with E-state index in [0.29, 0.717) is 19.0 Å². The Labute approximate surface area is 163 Å². The van der Waals surface area contributed by atoms with Crippen molar-refractivity contribution in [3.8, 4) is 0 Å². The van der Waals surface area contributed by atoms with Gasteiger partial charge in [0.15, 0.2) is 5.96 Å². The second-order valence-corrected chi connectivity index (χ2v) is 6.14. The fourth-order valence-electron chi connectivity index (χ4n) is 2.05. The molecule has 3 N–H and O–H groups in total. The van der Waals surface area contributed by atoms with Crippen LogP contribution in [-0.4, -0.2) is 38.5 Å². The number of hydrogen-bond donors (Lipinski definition) is 3. The van der Waals surface area contributed by atoms with Crippen molar-refractivity contribution in [1.82, 2.24) is 16.0 Å². The summed E-state index contributed by atoms with van der Waals surface area (Å²) < 4.78 is 0. The van der Waals surface area contributed by atoms with Crippen LogP contribution < -0.4 is 16.0 Å². The SMILES string of the molecule is CN=C(NCCNC(=O)C(C)C)NCC(C)c1ccc(C)cc1.I. The van der Waals surface area contributed by atoms with E-state index in [0.717, 1.165) is 12.5 Å². The molecular weight excluding hydrogens is 415 g/mol. The minimum Gasteiger partial charge on any atom is -0.356 e. The van der Waals surface area contributed by atoms with E-state index in [1.807, 2.05) is 13.8 Å². The van der Waals surface area contributed by atoms with Crippen LogP contribution in [0.2, 0.25) is 0 Å². The Morgan fingerprint density at radius 2 is 1.62 bits per heavy atom. The molecule has 5 nitrogen and oxygen atoms in total. The van der Waals surface area contributed by atoms with Gasteiger partial charge in [0, 0.05) is 32.6 Å². The van der Waals surface area contributed by atoms with Gasteiger partial charge in [0.25, 0.3) is 0 Å². The number of halogens is 1. The lowest BCUT2D eigenvalue weighted by molar-refractivity contribution is -0.123. The van der Waals surface area contributed by atoms with Gasteiger partial charge in [0.1, 0.15) is 0 Å². The summed E-state index contributed by atoms with van der Waals surface area (Å²) in [6, 6.07) is 8.60. The molecule has 1 atom stereocenters. The Bertz CT molecular complexity index is 514. The van der Waals surface area contributed by atoms with Crippen LogP contribution >= 0.6 is 24.0 Å². The molecule has 1 aromatic carbocycles. The lowest BCUT2D eigenvalue weighted by Crippen LogP contribution is -2.43. The number of rotatable bonds is 7. The predicted octanol–water partition coefficient (Wildman–Crippen LogP) is 2.65. The van der Waals surface area contributed by atoms with Gasteiger partial charge in [-0.15, -0.1) is 24.0 Å². The molecule has 1 aromatic rings. The highest BCUT2D eigenvalue weighted by Crippen LogP contribution is 2.14. The first-order valence-electron chi connectivity index (χ1n) is 8.22. The Balaban J connectivity index is 0.00000529. The van der Waals surface area contributed by atoms with Gasteiger partial charge in [-0.25, -0.2) is 0 Å². The van der Waals surface area contributed by atoms with Crippen LogP contribution in [0.25, 0.3) is 0 Å². The van der Waals surface area contributed by atoms with Crippen LogP contribution in [0.1, 0.15) is 37.8 Å². The third kappa shape index (κ3) is 8.52. The lowest BCUT2D eigenvalue weighted by Gasteiger charge is -2.17. The van der Waals surface area contributed by atoms with Crippen molar-refractivity contribution in [3.63, 3.8) is 0 Å². The molecule has 0 aliphatic carbocycles. The third-order valence-electron chi connectivity index (χ3n) is 3.69. The summed E-state index contributed by atoms with van der Waals surface area (Å²) in [5, 5.41) is 9.40. The van der Waals surface area contributed by atoms with Gasteiger partial charge in [-0.05, 0) is 18.4 Å². The normalized spacial score (nSPS) is 12.3. The van der Waals surface area contributed by atoms with E-state index in [1.165, 1.54) is 11.1 Å². The Morgan fingerprint density at radius 3 is 2.17 bits per heavy atom. The summed E-state index contributed by atoms with van der Waals surface area (Å²) >= 11 is 0. The molecule has 0 saturated carbocycles. The van der Waals surface area contributed by atoms with Crippen LogP contribution in [0.4, 0.5) is 0 Å². The van der Waals surface area contributed by atoms with Crippen molar-refractivity contribution < 1.29 is 4.79 Å². The first-order valence-corrected chi connectivity index (χ1v) is 8.22. The van der Waals surface area contributed by atoms with E-state index in [9.17, 15) is 4.79 Å². The second kappa shape index (κ2) is 12.1. The first kappa shape index (κ1) is 22.7. The molecule has 1 rings (SSSR count). The molecule has 1 amide bonds. The number of amides is 1. The molecule has 136 valence electrons. The maximum atomic E-state index is 11.5. The van der Waals surface area contributed by atoms with Crippen molar-refractivity contribution >= 4 is 35.8 Å². The largest absolute Gasteiger partial charge is 0.356 e. The molecule has 0 spiro atoms. The number of guanidine groups is 1. The van der Waals surface area contributed by atoms with Gasteiger partial charge < -0.3 is 16.0 Å². The van der Waals surface area contributed by atoms with Gasteiger partial charge in [0.05, 0.1) is 0 Å². The monoisotopic (exact) mass is 446 g/mol. The highest BCUT2D eigenvalue weighted by atomic mass is 127. The molecular formula is C18H31IN4O. The minimum atomic E-state index is 0. The first-order chi connectivity index (χ1) is 10.9. The number of carbonyl (C=O) groups is 1. The highest BCUT2D eigenvalue weighted by molar-refractivity contribution is 14.0. The molecule has 0 saturated heterocycles. The van der Waals surface area contributed by atoms with E-state index >= 15 is 0 Å². The Kier molecular flexibility index (Phi) is 11.4. The van der Waals surface area contributed by atoms with Gasteiger partial charge in [0.2, 0.25) is 5.91 Å². The van der Waals surface area contributed by atoms with Crippen molar-refractivity contribution in [3.05, 3.63) is 35.4 Å². The summed E-state index contributed by atoms with van der Waals surface area (Å²) in [5.74, 6) is 1.24. The molecule has 0 aromatic heterocycles. The summed E-state index contributed by atoms with van der Waals surface area (Å²) in [4.78, 5) is 15.7. The molecule has 0 aliphatic heterocycles. The van der Waals surface area contributed by atoms with Crippen LogP contribution in [-0.2, 0) is 4.79 Å². The van der Waals surface area contributed by atoms with E-state index in [-0.39, 0.29) is 35.8 Å². The number of hydrogen-bond acceptors (Lipinski definition) is 2. The van der Waals surface area contributed by atoms with Gasteiger partial charge in [-0.3, -0.25) is 9.79 Å². The lowest BCUT2D eigenvalue weighted by atomic mass is 10.0. The smallest absolute Gasteiger partial charge is 0.222 e. The fourth-order valence-corrected chi connectivity index (χ4v) is 2.05. The average Bonchev–Trinajstić information content (AvgIpc) is 2.54. The van der Waals surface area contributed by atoms with Crippen LogP contribution in [0, 0.1) is 12.8 Å². The van der Waals surface area contributed by atoms with Crippen molar-refractivity contribution in [2.24, 2.45) is 10.9 Å². The maximum Gasteiger partial charge on any atom is 0.222 e. The predicted molar refractivity (Wildman–Crippen MR) is 112 cm³/mol. The van der Waals surface area contributed by atoms with Gasteiger partial charge in [-0.1, -0.05) is 50.6 Å². The molecule has 0 bridgehead atoms. The van der Waals surface area contributed by atoms with E-state index in [1.54, 1.807) is 7.05 Å². The van der Waals surface area contributed by atoms with Crippen LogP contribution in [0.3, 0.4) is 0 Å². The minimum absolute atomic E-state index is 0. The molecule has 24 heavy (non-hydrogen) atoms. The number of aliphatic imine (C=N–C) groups is 1. The zero-order valence-corrected chi connectivity index (χ0v) is 17.7. The van der Waals surface area contributed by atoms with E-state index in [4.69, 9.17) is 0 Å².